The van der Waals surface area contributed by atoms with Gasteiger partial charge in [-0.1, -0.05) is 23.2 Å². The number of amides is 1. The highest BCUT2D eigenvalue weighted by molar-refractivity contribution is 6.35. The van der Waals surface area contributed by atoms with Gasteiger partial charge in [0.15, 0.2) is 0 Å². The molecule has 1 aromatic heterocycles. The summed E-state index contributed by atoms with van der Waals surface area (Å²) >= 11 is 11.9. The second-order valence-electron chi connectivity index (χ2n) is 5.71. The molecule has 0 unspecified atom stereocenters. The molecule has 3 rings (SSSR count). The molecule has 0 spiro atoms. The molecule has 0 fully saturated rings. The number of nitrogens with one attached hydrogen (secondary N) is 2. The highest BCUT2D eigenvalue weighted by Crippen LogP contribution is 2.21. The molecule has 0 atom stereocenters. The summed E-state index contributed by atoms with van der Waals surface area (Å²) in [5.74, 6) is 0.339. The maximum Gasteiger partial charge on any atom is 0.252 e. The number of aromatic nitrogens is 1. The van der Waals surface area contributed by atoms with Gasteiger partial charge in [0.1, 0.15) is 5.75 Å². The van der Waals surface area contributed by atoms with Crippen LogP contribution >= 0.6 is 23.2 Å². The van der Waals surface area contributed by atoms with Crippen LogP contribution in [0.25, 0.3) is 10.9 Å². The van der Waals surface area contributed by atoms with E-state index in [4.69, 9.17) is 27.9 Å². The molecule has 7 heteroatoms. The summed E-state index contributed by atoms with van der Waals surface area (Å²) < 4.78 is 5.15. The van der Waals surface area contributed by atoms with Gasteiger partial charge >= 0.3 is 0 Å². The van der Waals surface area contributed by atoms with Gasteiger partial charge in [0.2, 0.25) is 0 Å². The predicted molar refractivity (Wildman–Crippen MR) is 104 cm³/mol. The van der Waals surface area contributed by atoms with Crippen LogP contribution in [0.2, 0.25) is 10.0 Å². The minimum Gasteiger partial charge on any atom is -0.497 e. The van der Waals surface area contributed by atoms with E-state index in [1.807, 2.05) is 18.2 Å². The van der Waals surface area contributed by atoms with Crippen LogP contribution in [0, 0.1) is 0 Å². The van der Waals surface area contributed by atoms with Crippen LogP contribution in [0.15, 0.2) is 47.3 Å². The molecule has 2 N–H and O–H groups in total. The Morgan fingerprint density at radius 1 is 1.15 bits per heavy atom. The van der Waals surface area contributed by atoms with Crippen molar-refractivity contribution in [2.75, 3.05) is 13.7 Å². The Bertz CT molecular complexity index is 1030. The van der Waals surface area contributed by atoms with Crippen LogP contribution in [0.1, 0.15) is 15.9 Å². The number of ether oxygens (including phenoxy) is 1. The smallest absolute Gasteiger partial charge is 0.252 e. The molecular formula is C19H16Cl2N2O3. The monoisotopic (exact) mass is 390 g/mol. The van der Waals surface area contributed by atoms with E-state index in [9.17, 15) is 9.59 Å². The molecule has 1 amide bonds. The van der Waals surface area contributed by atoms with Crippen LogP contribution in [0.5, 0.6) is 5.75 Å². The number of hydrogen-bond donors (Lipinski definition) is 2. The number of halogens is 2. The van der Waals surface area contributed by atoms with E-state index >= 15 is 0 Å². The molecule has 0 bridgehead atoms. The normalized spacial score (nSPS) is 10.7. The average molecular weight is 391 g/mol. The van der Waals surface area contributed by atoms with Crippen LogP contribution in [0.3, 0.4) is 0 Å². The van der Waals surface area contributed by atoms with Crippen LogP contribution < -0.4 is 15.6 Å². The third-order valence-electron chi connectivity index (χ3n) is 3.98. The summed E-state index contributed by atoms with van der Waals surface area (Å²) in [6.45, 7) is 0.298. The van der Waals surface area contributed by atoms with E-state index in [0.29, 0.717) is 45.4 Å². The highest BCUT2D eigenvalue weighted by Gasteiger charge is 2.11. The predicted octanol–water partition coefficient (Wildman–Crippen LogP) is 3.82. The number of methoxy groups -OCH3 is 1. The van der Waals surface area contributed by atoms with Crippen molar-refractivity contribution in [2.24, 2.45) is 0 Å². The number of hydrogen-bond acceptors (Lipinski definition) is 3. The van der Waals surface area contributed by atoms with Gasteiger partial charge < -0.3 is 15.0 Å². The molecule has 0 aliphatic carbocycles. The van der Waals surface area contributed by atoms with E-state index < -0.39 is 0 Å². The van der Waals surface area contributed by atoms with Crippen molar-refractivity contribution in [3.8, 4) is 5.75 Å². The van der Waals surface area contributed by atoms with Crippen molar-refractivity contribution < 1.29 is 9.53 Å². The Labute approximate surface area is 159 Å². The highest BCUT2D eigenvalue weighted by atomic mass is 35.5. The van der Waals surface area contributed by atoms with Crippen molar-refractivity contribution >= 4 is 40.0 Å². The number of rotatable bonds is 5. The van der Waals surface area contributed by atoms with Gasteiger partial charge in [-0.3, -0.25) is 9.59 Å². The fraction of sp³-hybridized carbons (Fsp3) is 0.158. The first-order valence-corrected chi connectivity index (χ1v) is 8.67. The summed E-state index contributed by atoms with van der Waals surface area (Å²) in [6, 6.07) is 12.0. The Kier molecular flexibility index (Phi) is 5.49. The lowest BCUT2D eigenvalue weighted by Crippen LogP contribution is -2.27. The number of carbonyl (C=O) groups excluding carboxylic acids is 1. The third kappa shape index (κ3) is 4.00. The first-order chi connectivity index (χ1) is 12.5. The van der Waals surface area contributed by atoms with Crippen molar-refractivity contribution in [1.29, 1.82) is 0 Å². The molecular weight excluding hydrogens is 375 g/mol. The van der Waals surface area contributed by atoms with E-state index in [1.54, 1.807) is 25.3 Å². The first kappa shape index (κ1) is 18.3. The van der Waals surface area contributed by atoms with Crippen molar-refractivity contribution in [2.45, 2.75) is 6.42 Å². The van der Waals surface area contributed by atoms with Gasteiger partial charge in [0.25, 0.3) is 11.5 Å². The lowest BCUT2D eigenvalue weighted by atomic mass is 10.1. The number of H-pyrrole nitrogens is 1. The molecule has 0 aliphatic heterocycles. The molecule has 0 saturated carbocycles. The summed E-state index contributed by atoms with van der Waals surface area (Å²) in [5, 5.41) is 4.40. The van der Waals surface area contributed by atoms with Gasteiger partial charge in [-0.2, -0.15) is 0 Å². The second kappa shape index (κ2) is 7.81. The quantitative estimate of drug-likeness (QED) is 0.695. The zero-order valence-electron chi connectivity index (χ0n) is 13.9. The Balaban J connectivity index is 1.71. The van der Waals surface area contributed by atoms with Crippen LogP contribution in [-0.2, 0) is 6.42 Å². The Morgan fingerprint density at radius 2 is 1.96 bits per heavy atom. The largest absolute Gasteiger partial charge is 0.497 e. The first-order valence-electron chi connectivity index (χ1n) is 7.91. The zero-order valence-corrected chi connectivity index (χ0v) is 15.4. The molecule has 2 aromatic carbocycles. The number of fused-ring (bicyclic) bond motifs is 1. The molecule has 1 heterocycles. The second-order valence-corrected chi connectivity index (χ2v) is 6.55. The Morgan fingerprint density at radius 3 is 2.73 bits per heavy atom. The fourth-order valence-corrected chi connectivity index (χ4v) is 2.99. The van der Waals surface area contributed by atoms with Crippen molar-refractivity contribution in [3.05, 3.63) is 74.0 Å². The van der Waals surface area contributed by atoms with Gasteiger partial charge in [-0.05, 0) is 48.2 Å². The van der Waals surface area contributed by atoms with E-state index in [2.05, 4.69) is 10.3 Å². The van der Waals surface area contributed by atoms with Crippen LogP contribution in [-0.4, -0.2) is 24.5 Å². The average Bonchev–Trinajstić information content (AvgIpc) is 2.63. The lowest BCUT2D eigenvalue weighted by Gasteiger charge is -2.08. The Hall–Kier alpha value is -2.50. The molecule has 0 aliphatic rings. The summed E-state index contributed by atoms with van der Waals surface area (Å²) in [5.41, 5.74) is 1.40. The number of benzene rings is 2. The fourth-order valence-electron chi connectivity index (χ4n) is 2.62. The van der Waals surface area contributed by atoms with Gasteiger partial charge in [-0.15, -0.1) is 0 Å². The number of pyridine rings is 1. The van der Waals surface area contributed by atoms with Crippen LogP contribution in [0.4, 0.5) is 0 Å². The minimum absolute atomic E-state index is 0.194. The van der Waals surface area contributed by atoms with E-state index in [-0.39, 0.29) is 11.5 Å². The van der Waals surface area contributed by atoms with Crippen molar-refractivity contribution in [1.82, 2.24) is 10.3 Å². The number of aromatic amines is 1. The molecule has 3 aromatic rings. The van der Waals surface area contributed by atoms with Gasteiger partial charge in [0, 0.05) is 23.2 Å². The zero-order chi connectivity index (χ0) is 18.7. The van der Waals surface area contributed by atoms with Crippen molar-refractivity contribution in [3.63, 3.8) is 0 Å². The molecule has 0 radical (unpaired) electrons. The SMILES string of the molecule is COc1ccc2cc(CCNC(=O)c3cc(Cl)ccc3Cl)c(=O)[nH]c2c1. The summed E-state index contributed by atoms with van der Waals surface area (Å²) in [7, 11) is 1.57. The molecule has 0 saturated heterocycles. The topological polar surface area (TPSA) is 71.2 Å². The maximum absolute atomic E-state index is 12.2. The minimum atomic E-state index is -0.334. The maximum atomic E-state index is 12.2. The standard InChI is InChI=1S/C19H16Cl2N2O3/c1-26-14-4-2-11-8-12(18(24)23-17(11)10-14)6-7-22-19(25)15-9-13(20)3-5-16(15)21/h2-5,8-10H,6-7H2,1H3,(H,22,25)(H,23,24). The van der Waals surface area contributed by atoms with Gasteiger partial charge in [-0.25, -0.2) is 0 Å². The van der Waals surface area contributed by atoms with Gasteiger partial charge in [0.05, 0.1) is 23.2 Å². The summed E-state index contributed by atoms with van der Waals surface area (Å²) in [6.07, 6.45) is 0.390. The lowest BCUT2D eigenvalue weighted by molar-refractivity contribution is 0.0954. The molecule has 134 valence electrons. The molecule has 26 heavy (non-hydrogen) atoms. The molecule has 5 nitrogen and oxygen atoms in total. The van der Waals surface area contributed by atoms with E-state index in [1.165, 1.54) is 6.07 Å². The summed E-state index contributed by atoms with van der Waals surface area (Å²) in [4.78, 5) is 27.3. The third-order valence-corrected chi connectivity index (χ3v) is 4.55. The number of carbonyl (C=O) groups is 1. The van der Waals surface area contributed by atoms with E-state index in [0.717, 1.165) is 5.39 Å².